The molecule has 2 rings (SSSR count). The summed E-state index contributed by atoms with van der Waals surface area (Å²) < 4.78 is 0.743. The fraction of sp³-hybridized carbons (Fsp3) is 0. The van der Waals surface area contributed by atoms with Gasteiger partial charge in [-0.05, 0) is 40.2 Å². The lowest BCUT2D eigenvalue weighted by Crippen LogP contribution is -2.10. The van der Waals surface area contributed by atoms with E-state index >= 15 is 0 Å². The minimum atomic E-state index is -0.469. The summed E-state index contributed by atoms with van der Waals surface area (Å²) in [6.07, 6.45) is 1.55. The van der Waals surface area contributed by atoms with Gasteiger partial charge in [0.15, 0.2) is 0 Å². The maximum absolute atomic E-state index is 11.1. The molecule has 0 aliphatic heterocycles. The first kappa shape index (κ1) is 12.4. The zero-order chi connectivity index (χ0) is 13.1. The number of hydrogen-bond donors (Lipinski definition) is 3. The van der Waals surface area contributed by atoms with E-state index in [1.165, 1.54) is 0 Å². The fourth-order valence-electron chi connectivity index (χ4n) is 1.43. The molecule has 0 aliphatic carbocycles. The molecule has 0 unspecified atom stereocenters. The standard InChI is InChI=1S/C12H11BrN4O/c13-10-5-8(14)6-16-12(10)17-9-3-1-2-7(4-9)11(15)18/h1-6H,14H2,(H2,15,18)(H,16,17). The van der Waals surface area contributed by atoms with Crippen molar-refractivity contribution < 1.29 is 4.79 Å². The topological polar surface area (TPSA) is 94.0 Å². The van der Waals surface area contributed by atoms with E-state index < -0.39 is 5.91 Å². The van der Waals surface area contributed by atoms with Crippen LogP contribution in [0, 0.1) is 0 Å². The maximum atomic E-state index is 11.1. The molecule has 0 saturated carbocycles. The van der Waals surface area contributed by atoms with Crippen LogP contribution in [0.15, 0.2) is 41.0 Å². The normalized spacial score (nSPS) is 10.1. The molecular formula is C12H11BrN4O. The number of carbonyl (C=O) groups excluding carboxylic acids is 1. The Hall–Kier alpha value is -2.08. The van der Waals surface area contributed by atoms with Gasteiger partial charge in [0.2, 0.25) is 5.91 Å². The Morgan fingerprint density at radius 1 is 1.33 bits per heavy atom. The summed E-state index contributed by atoms with van der Waals surface area (Å²) in [5, 5.41) is 3.07. The summed E-state index contributed by atoms with van der Waals surface area (Å²) in [6, 6.07) is 8.61. The second-order valence-electron chi connectivity index (χ2n) is 3.67. The zero-order valence-corrected chi connectivity index (χ0v) is 10.9. The van der Waals surface area contributed by atoms with Crippen LogP contribution >= 0.6 is 15.9 Å². The maximum Gasteiger partial charge on any atom is 0.248 e. The van der Waals surface area contributed by atoms with Gasteiger partial charge in [0.05, 0.1) is 16.4 Å². The Balaban J connectivity index is 2.28. The van der Waals surface area contributed by atoms with Crippen LogP contribution in [0.5, 0.6) is 0 Å². The summed E-state index contributed by atoms with van der Waals surface area (Å²) in [5.74, 6) is 0.147. The molecule has 0 aliphatic rings. The molecule has 1 aromatic carbocycles. The number of pyridine rings is 1. The van der Waals surface area contributed by atoms with Crippen molar-refractivity contribution in [2.75, 3.05) is 11.1 Å². The summed E-state index contributed by atoms with van der Waals surface area (Å²) in [7, 11) is 0. The number of amides is 1. The van der Waals surface area contributed by atoms with Gasteiger partial charge >= 0.3 is 0 Å². The SMILES string of the molecule is NC(=O)c1cccc(Nc2ncc(N)cc2Br)c1. The Labute approximate surface area is 112 Å². The van der Waals surface area contributed by atoms with Crippen molar-refractivity contribution in [3.63, 3.8) is 0 Å². The highest BCUT2D eigenvalue weighted by Crippen LogP contribution is 2.25. The third-order valence-electron chi connectivity index (χ3n) is 2.27. The summed E-state index contributed by atoms with van der Waals surface area (Å²) in [4.78, 5) is 15.2. The lowest BCUT2D eigenvalue weighted by Gasteiger charge is -2.08. The van der Waals surface area contributed by atoms with Gasteiger partial charge in [0.25, 0.3) is 0 Å². The number of hydrogen-bond acceptors (Lipinski definition) is 4. The number of primary amides is 1. The van der Waals surface area contributed by atoms with Gasteiger partial charge in [0, 0.05) is 11.3 Å². The zero-order valence-electron chi connectivity index (χ0n) is 9.35. The first-order valence-corrected chi connectivity index (χ1v) is 5.93. The van der Waals surface area contributed by atoms with Crippen LogP contribution < -0.4 is 16.8 Å². The number of anilines is 3. The number of nitrogens with zero attached hydrogens (tertiary/aromatic N) is 1. The van der Waals surface area contributed by atoms with E-state index in [1.54, 1.807) is 30.5 Å². The Morgan fingerprint density at radius 3 is 2.78 bits per heavy atom. The molecule has 0 radical (unpaired) electrons. The van der Waals surface area contributed by atoms with Gasteiger partial charge in [-0.3, -0.25) is 4.79 Å². The second-order valence-corrected chi connectivity index (χ2v) is 4.52. The smallest absolute Gasteiger partial charge is 0.248 e. The fourth-order valence-corrected chi connectivity index (χ4v) is 1.90. The number of benzene rings is 1. The van der Waals surface area contributed by atoms with Crippen LogP contribution in [0.3, 0.4) is 0 Å². The first-order chi connectivity index (χ1) is 8.56. The van der Waals surface area contributed by atoms with Crippen LogP contribution in [0.25, 0.3) is 0 Å². The van der Waals surface area contributed by atoms with E-state index in [1.807, 2.05) is 6.07 Å². The molecule has 1 aromatic heterocycles. The summed E-state index contributed by atoms with van der Waals surface area (Å²) in [6.45, 7) is 0. The average Bonchev–Trinajstić information content (AvgIpc) is 2.33. The van der Waals surface area contributed by atoms with Gasteiger partial charge in [-0.15, -0.1) is 0 Å². The number of aromatic nitrogens is 1. The summed E-state index contributed by atoms with van der Waals surface area (Å²) in [5.41, 5.74) is 12.6. The third-order valence-corrected chi connectivity index (χ3v) is 2.88. The Morgan fingerprint density at radius 2 is 2.11 bits per heavy atom. The molecule has 1 amide bonds. The number of nitrogens with two attached hydrogens (primary N) is 2. The molecule has 0 atom stereocenters. The van der Waals surface area contributed by atoms with E-state index in [9.17, 15) is 4.79 Å². The van der Waals surface area contributed by atoms with Crippen molar-refractivity contribution in [1.82, 2.24) is 4.98 Å². The first-order valence-electron chi connectivity index (χ1n) is 5.14. The van der Waals surface area contributed by atoms with E-state index in [4.69, 9.17) is 11.5 Å². The lowest BCUT2D eigenvalue weighted by molar-refractivity contribution is 0.100. The van der Waals surface area contributed by atoms with Crippen molar-refractivity contribution >= 4 is 39.0 Å². The molecule has 18 heavy (non-hydrogen) atoms. The highest BCUT2D eigenvalue weighted by Gasteiger charge is 2.05. The molecule has 2 aromatic rings. The number of nitrogens with one attached hydrogen (secondary N) is 1. The van der Waals surface area contributed by atoms with Crippen molar-refractivity contribution in [2.24, 2.45) is 5.73 Å². The molecule has 0 fully saturated rings. The number of halogens is 1. The minimum absolute atomic E-state index is 0.437. The molecule has 0 spiro atoms. The van der Waals surface area contributed by atoms with E-state index in [-0.39, 0.29) is 0 Å². The molecule has 0 saturated heterocycles. The molecule has 5 nitrogen and oxygen atoms in total. The van der Waals surface area contributed by atoms with E-state index in [0.717, 1.165) is 10.2 Å². The molecule has 1 heterocycles. The minimum Gasteiger partial charge on any atom is -0.397 e. The monoisotopic (exact) mass is 306 g/mol. The van der Waals surface area contributed by atoms with Crippen LogP contribution in [-0.2, 0) is 0 Å². The molecule has 0 bridgehead atoms. The quantitative estimate of drug-likeness (QED) is 0.810. The Bertz CT molecular complexity index is 600. The van der Waals surface area contributed by atoms with Crippen LogP contribution in [0.2, 0.25) is 0 Å². The van der Waals surface area contributed by atoms with Gasteiger partial charge in [-0.25, -0.2) is 4.98 Å². The van der Waals surface area contributed by atoms with Gasteiger partial charge < -0.3 is 16.8 Å². The largest absolute Gasteiger partial charge is 0.397 e. The van der Waals surface area contributed by atoms with Crippen molar-refractivity contribution in [3.8, 4) is 0 Å². The summed E-state index contributed by atoms with van der Waals surface area (Å²) >= 11 is 3.36. The number of carbonyl (C=O) groups is 1. The highest BCUT2D eigenvalue weighted by atomic mass is 79.9. The van der Waals surface area contributed by atoms with Gasteiger partial charge in [-0.1, -0.05) is 6.07 Å². The third kappa shape index (κ3) is 2.78. The molecular weight excluding hydrogens is 296 g/mol. The van der Waals surface area contributed by atoms with E-state index in [0.29, 0.717) is 17.1 Å². The predicted molar refractivity (Wildman–Crippen MR) is 74.6 cm³/mol. The molecule has 5 N–H and O–H groups in total. The Kier molecular flexibility index (Phi) is 3.47. The lowest BCUT2D eigenvalue weighted by atomic mass is 10.2. The van der Waals surface area contributed by atoms with E-state index in [2.05, 4.69) is 26.2 Å². The molecule has 6 heteroatoms. The van der Waals surface area contributed by atoms with Crippen molar-refractivity contribution in [1.29, 1.82) is 0 Å². The number of rotatable bonds is 3. The van der Waals surface area contributed by atoms with Gasteiger partial charge in [0.1, 0.15) is 5.82 Å². The highest BCUT2D eigenvalue weighted by molar-refractivity contribution is 9.10. The van der Waals surface area contributed by atoms with Crippen LogP contribution in [0.4, 0.5) is 17.2 Å². The second kappa shape index (κ2) is 5.05. The average molecular weight is 307 g/mol. The van der Waals surface area contributed by atoms with Crippen LogP contribution in [0.1, 0.15) is 10.4 Å². The van der Waals surface area contributed by atoms with Crippen molar-refractivity contribution in [3.05, 3.63) is 46.6 Å². The number of nitrogen functional groups attached to an aromatic ring is 1. The molecule has 92 valence electrons. The van der Waals surface area contributed by atoms with Crippen LogP contribution in [-0.4, -0.2) is 10.9 Å². The van der Waals surface area contributed by atoms with Crippen molar-refractivity contribution in [2.45, 2.75) is 0 Å². The predicted octanol–water partition coefficient (Wildman–Crippen LogP) is 2.27. The van der Waals surface area contributed by atoms with Gasteiger partial charge in [-0.2, -0.15) is 0 Å².